The number of carbonyl (C=O) groups excluding carboxylic acids is 2. The van der Waals surface area contributed by atoms with E-state index in [1.54, 1.807) is 6.33 Å². The largest absolute Gasteiger partial charge is 0.368 e. The summed E-state index contributed by atoms with van der Waals surface area (Å²) in [5.74, 6) is 0.278. The first-order valence-electron chi connectivity index (χ1n) is 8.81. The minimum atomic E-state index is -0.649. The van der Waals surface area contributed by atoms with Crippen LogP contribution in [0.15, 0.2) is 36.7 Å². The molecule has 1 aromatic carbocycles. The Kier molecular flexibility index (Phi) is 3.86. The van der Waals surface area contributed by atoms with Gasteiger partial charge in [0.1, 0.15) is 18.7 Å². The lowest BCUT2D eigenvalue weighted by Crippen LogP contribution is -2.45. The number of benzene rings is 1. The highest BCUT2D eigenvalue weighted by atomic mass is 16.2. The second kappa shape index (κ2) is 6.09. The van der Waals surface area contributed by atoms with E-state index in [4.69, 9.17) is 5.73 Å². The summed E-state index contributed by atoms with van der Waals surface area (Å²) in [6, 6.07) is 9.65. The minimum absolute atomic E-state index is 0.0511. The molecule has 1 saturated heterocycles. The third-order valence-electron chi connectivity index (χ3n) is 5.34. The molecule has 2 aliphatic rings. The van der Waals surface area contributed by atoms with E-state index < -0.39 is 11.3 Å². The number of hydrogen-bond donors (Lipinski definition) is 1. The van der Waals surface area contributed by atoms with E-state index in [0.717, 1.165) is 35.7 Å². The highest BCUT2D eigenvalue weighted by Crippen LogP contribution is 2.47. The van der Waals surface area contributed by atoms with Crippen molar-refractivity contribution < 1.29 is 9.59 Å². The summed E-state index contributed by atoms with van der Waals surface area (Å²) in [6.45, 7) is 3.23. The van der Waals surface area contributed by atoms with Crippen molar-refractivity contribution in [3.05, 3.63) is 47.9 Å². The maximum atomic E-state index is 13.3. The van der Waals surface area contributed by atoms with Crippen LogP contribution in [-0.4, -0.2) is 41.4 Å². The Labute approximate surface area is 151 Å². The van der Waals surface area contributed by atoms with Crippen molar-refractivity contribution in [2.45, 2.75) is 25.2 Å². The van der Waals surface area contributed by atoms with E-state index in [0.29, 0.717) is 13.0 Å². The molecule has 2 amide bonds. The zero-order valence-corrected chi connectivity index (χ0v) is 14.7. The van der Waals surface area contributed by atoms with Crippen molar-refractivity contribution in [2.75, 3.05) is 29.4 Å². The van der Waals surface area contributed by atoms with E-state index >= 15 is 0 Å². The standard InChI is InChI=1S/C19H21N5O2/c1-2-13-9-17(22-12-21-13)23-8-7-19(11-23)14-5-3-4-6-15(14)24(18(19)26)10-16(20)25/h3-6,9,12H,2,7-8,10-11H2,1H3,(H2,20,25). The van der Waals surface area contributed by atoms with Gasteiger partial charge in [0.2, 0.25) is 11.8 Å². The molecule has 7 heteroatoms. The summed E-state index contributed by atoms with van der Waals surface area (Å²) in [6.07, 6.45) is 3.09. The fourth-order valence-corrected chi connectivity index (χ4v) is 4.06. The fraction of sp³-hybridized carbons (Fsp3) is 0.368. The Morgan fingerprint density at radius 1 is 1.31 bits per heavy atom. The average Bonchev–Trinajstić information content (AvgIpc) is 3.20. The van der Waals surface area contributed by atoms with Crippen LogP contribution in [-0.2, 0) is 21.4 Å². The summed E-state index contributed by atoms with van der Waals surface area (Å²) < 4.78 is 0. The van der Waals surface area contributed by atoms with Crippen LogP contribution in [0.4, 0.5) is 11.5 Å². The molecule has 1 spiro atoms. The number of nitrogens with two attached hydrogens (primary N) is 1. The molecule has 2 aromatic rings. The van der Waals surface area contributed by atoms with Crippen molar-refractivity contribution in [3.63, 3.8) is 0 Å². The second-order valence-corrected chi connectivity index (χ2v) is 6.85. The SMILES string of the molecule is CCc1cc(N2CCC3(C2)C(=O)N(CC(N)=O)c2ccccc23)ncn1. The zero-order chi connectivity index (χ0) is 18.3. The Bertz CT molecular complexity index is 884. The van der Waals surface area contributed by atoms with E-state index in [1.165, 1.54) is 4.90 Å². The molecule has 0 radical (unpaired) electrons. The van der Waals surface area contributed by atoms with Crippen molar-refractivity contribution in [2.24, 2.45) is 5.73 Å². The van der Waals surface area contributed by atoms with Gasteiger partial charge in [-0.2, -0.15) is 0 Å². The van der Waals surface area contributed by atoms with E-state index in [2.05, 4.69) is 21.8 Å². The third-order valence-corrected chi connectivity index (χ3v) is 5.34. The molecule has 1 aromatic heterocycles. The van der Waals surface area contributed by atoms with Crippen molar-refractivity contribution in [1.29, 1.82) is 0 Å². The van der Waals surface area contributed by atoms with Crippen LogP contribution in [0.2, 0.25) is 0 Å². The predicted molar refractivity (Wildman–Crippen MR) is 97.9 cm³/mol. The molecule has 0 bridgehead atoms. The van der Waals surface area contributed by atoms with Crippen LogP contribution >= 0.6 is 0 Å². The highest BCUT2D eigenvalue weighted by Gasteiger charge is 2.54. The number of para-hydroxylation sites is 1. The lowest BCUT2D eigenvalue weighted by atomic mass is 9.81. The molecule has 4 rings (SSSR count). The second-order valence-electron chi connectivity index (χ2n) is 6.85. The molecule has 134 valence electrons. The number of primary amides is 1. The summed E-state index contributed by atoms with van der Waals surface area (Å²) in [7, 11) is 0. The Balaban J connectivity index is 1.70. The van der Waals surface area contributed by atoms with Crippen LogP contribution in [0.1, 0.15) is 24.6 Å². The fourth-order valence-electron chi connectivity index (χ4n) is 4.06. The molecule has 26 heavy (non-hydrogen) atoms. The number of aromatic nitrogens is 2. The number of amides is 2. The van der Waals surface area contributed by atoms with Crippen LogP contribution in [0.5, 0.6) is 0 Å². The normalized spacial score (nSPS) is 21.5. The number of carbonyl (C=O) groups is 2. The smallest absolute Gasteiger partial charge is 0.240 e. The van der Waals surface area contributed by atoms with Gasteiger partial charge in [0, 0.05) is 30.5 Å². The average molecular weight is 351 g/mol. The van der Waals surface area contributed by atoms with Gasteiger partial charge in [-0.05, 0) is 24.5 Å². The number of hydrogen-bond acceptors (Lipinski definition) is 5. The lowest BCUT2D eigenvalue weighted by Gasteiger charge is -2.24. The molecular weight excluding hydrogens is 330 g/mol. The first kappa shape index (κ1) is 16.5. The highest BCUT2D eigenvalue weighted by molar-refractivity contribution is 6.11. The predicted octanol–water partition coefficient (Wildman–Crippen LogP) is 1.02. The van der Waals surface area contributed by atoms with Crippen LogP contribution in [0, 0.1) is 0 Å². The van der Waals surface area contributed by atoms with Gasteiger partial charge in [0.05, 0.1) is 5.41 Å². The maximum Gasteiger partial charge on any atom is 0.240 e. The Hall–Kier alpha value is -2.96. The number of anilines is 2. The van der Waals surface area contributed by atoms with E-state index in [-0.39, 0.29) is 12.5 Å². The molecule has 1 unspecified atom stereocenters. The molecule has 2 N–H and O–H groups in total. The van der Waals surface area contributed by atoms with E-state index in [9.17, 15) is 9.59 Å². The summed E-state index contributed by atoms with van der Waals surface area (Å²) in [5, 5.41) is 0. The quantitative estimate of drug-likeness (QED) is 0.888. The van der Waals surface area contributed by atoms with Gasteiger partial charge in [-0.25, -0.2) is 9.97 Å². The van der Waals surface area contributed by atoms with Crippen LogP contribution in [0.25, 0.3) is 0 Å². The number of aryl methyl sites for hydroxylation is 1. The van der Waals surface area contributed by atoms with Gasteiger partial charge < -0.3 is 15.5 Å². The van der Waals surface area contributed by atoms with Gasteiger partial charge >= 0.3 is 0 Å². The summed E-state index contributed by atoms with van der Waals surface area (Å²) in [4.78, 5) is 37.0. The molecule has 1 fully saturated rings. The molecule has 3 heterocycles. The van der Waals surface area contributed by atoms with Gasteiger partial charge in [-0.15, -0.1) is 0 Å². The van der Waals surface area contributed by atoms with E-state index in [1.807, 2.05) is 30.3 Å². The molecule has 1 atom stereocenters. The summed E-state index contributed by atoms with van der Waals surface area (Å²) in [5.41, 5.74) is 7.45. The van der Waals surface area contributed by atoms with Gasteiger partial charge in [0.25, 0.3) is 0 Å². The zero-order valence-electron chi connectivity index (χ0n) is 14.7. The van der Waals surface area contributed by atoms with Crippen molar-refractivity contribution >= 4 is 23.3 Å². The molecule has 0 saturated carbocycles. The monoisotopic (exact) mass is 351 g/mol. The molecular formula is C19H21N5O2. The Morgan fingerprint density at radius 2 is 2.12 bits per heavy atom. The minimum Gasteiger partial charge on any atom is -0.368 e. The molecule has 2 aliphatic heterocycles. The number of nitrogens with zero attached hydrogens (tertiary/aromatic N) is 4. The molecule has 0 aliphatic carbocycles. The number of fused-ring (bicyclic) bond motifs is 2. The third kappa shape index (κ3) is 2.42. The topological polar surface area (TPSA) is 92.4 Å². The van der Waals surface area contributed by atoms with Crippen LogP contribution < -0.4 is 15.5 Å². The maximum absolute atomic E-state index is 13.3. The van der Waals surface area contributed by atoms with Crippen molar-refractivity contribution in [1.82, 2.24) is 9.97 Å². The first-order chi connectivity index (χ1) is 12.5. The van der Waals surface area contributed by atoms with Gasteiger partial charge in [-0.1, -0.05) is 25.1 Å². The van der Waals surface area contributed by atoms with Gasteiger partial charge in [0.15, 0.2) is 0 Å². The first-order valence-corrected chi connectivity index (χ1v) is 8.81. The molecule has 7 nitrogen and oxygen atoms in total. The lowest BCUT2D eigenvalue weighted by molar-refractivity contribution is -0.124. The number of rotatable bonds is 4. The van der Waals surface area contributed by atoms with Crippen molar-refractivity contribution in [3.8, 4) is 0 Å². The Morgan fingerprint density at radius 3 is 2.88 bits per heavy atom. The van der Waals surface area contributed by atoms with Crippen LogP contribution in [0.3, 0.4) is 0 Å². The summed E-state index contributed by atoms with van der Waals surface area (Å²) >= 11 is 0. The van der Waals surface area contributed by atoms with Gasteiger partial charge in [-0.3, -0.25) is 9.59 Å².